The normalized spacial score (nSPS) is 12.6. The summed E-state index contributed by atoms with van der Waals surface area (Å²) in [5.41, 5.74) is 1.00. The molecule has 0 amide bonds. The van der Waals surface area contributed by atoms with Gasteiger partial charge in [-0.1, -0.05) is 31.5 Å². The number of thiol groups is 1. The quantitative estimate of drug-likeness (QED) is 0.795. The van der Waals surface area contributed by atoms with E-state index in [1.165, 1.54) is 6.42 Å². The number of fused-ring (bicyclic) bond motifs is 1. The van der Waals surface area contributed by atoms with Gasteiger partial charge in [0, 0.05) is 11.3 Å². The topological polar surface area (TPSA) is 22.1 Å². The second kappa shape index (κ2) is 6.64. The standard InChI is InChI=1S/C15H19NOS/c1-2-5-12(11-18)10-17-14-8-13-6-3-4-7-15(13)16-9-14/h3-4,6-9,12,18H,2,5,10-11H2,1H3. The maximum atomic E-state index is 5.81. The number of benzene rings is 1. The molecule has 1 aromatic heterocycles. The summed E-state index contributed by atoms with van der Waals surface area (Å²) < 4.78 is 5.81. The first kappa shape index (κ1) is 13.2. The first-order valence-corrected chi connectivity index (χ1v) is 7.05. The molecular weight excluding hydrogens is 242 g/mol. The van der Waals surface area contributed by atoms with Gasteiger partial charge in [0.25, 0.3) is 0 Å². The van der Waals surface area contributed by atoms with Crippen molar-refractivity contribution in [2.75, 3.05) is 12.4 Å². The van der Waals surface area contributed by atoms with E-state index < -0.39 is 0 Å². The van der Waals surface area contributed by atoms with Crippen LogP contribution in [0.4, 0.5) is 0 Å². The Bertz CT molecular complexity index is 501. The average molecular weight is 261 g/mol. The molecule has 0 fully saturated rings. The molecule has 0 saturated heterocycles. The fraction of sp³-hybridized carbons (Fsp3) is 0.400. The van der Waals surface area contributed by atoms with Gasteiger partial charge < -0.3 is 4.74 Å². The number of para-hydroxylation sites is 1. The van der Waals surface area contributed by atoms with Gasteiger partial charge in [-0.05, 0) is 24.3 Å². The summed E-state index contributed by atoms with van der Waals surface area (Å²) in [7, 11) is 0. The van der Waals surface area contributed by atoms with E-state index in [1.807, 2.05) is 24.3 Å². The number of nitrogens with zero attached hydrogens (tertiary/aromatic N) is 1. The van der Waals surface area contributed by atoms with Gasteiger partial charge in [0.1, 0.15) is 5.75 Å². The first-order valence-electron chi connectivity index (χ1n) is 6.42. The third kappa shape index (κ3) is 3.39. The Balaban J connectivity index is 2.03. The van der Waals surface area contributed by atoms with E-state index in [0.717, 1.165) is 35.4 Å². The predicted molar refractivity (Wildman–Crippen MR) is 79.5 cm³/mol. The molecule has 2 nitrogen and oxygen atoms in total. The molecule has 3 heteroatoms. The maximum Gasteiger partial charge on any atom is 0.138 e. The van der Waals surface area contributed by atoms with Crippen molar-refractivity contribution in [2.24, 2.45) is 5.92 Å². The summed E-state index contributed by atoms with van der Waals surface area (Å²) in [4.78, 5) is 4.39. The van der Waals surface area contributed by atoms with E-state index in [0.29, 0.717) is 5.92 Å². The minimum absolute atomic E-state index is 0.518. The lowest BCUT2D eigenvalue weighted by molar-refractivity contribution is 0.254. The van der Waals surface area contributed by atoms with Gasteiger partial charge in [-0.3, -0.25) is 4.98 Å². The fourth-order valence-electron chi connectivity index (χ4n) is 1.98. The summed E-state index contributed by atoms with van der Waals surface area (Å²) in [5, 5.41) is 1.12. The minimum Gasteiger partial charge on any atom is -0.492 e. The predicted octanol–water partition coefficient (Wildman–Crippen LogP) is 3.96. The zero-order chi connectivity index (χ0) is 12.8. The van der Waals surface area contributed by atoms with Gasteiger partial charge in [0.15, 0.2) is 0 Å². The molecule has 0 N–H and O–H groups in total. The summed E-state index contributed by atoms with van der Waals surface area (Å²) in [6.45, 7) is 2.91. The lowest BCUT2D eigenvalue weighted by Gasteiger charge is -2.14. The second-order valence-corrected chi connectivity index (χ2v) is 4.88. The summed E-state index contributed by atoms with van der Waals surface area (Å²) >= 11 is 4.36. The number of aromatic nitrogens is 1. The van der Waals surface area contributed by atoms with Crippen LogP contribution in [0.25, 0.3) is 10.9 Å². The van der Waals surface area contributed by atoms with E-state index in [-0.39, 0.29) is 0 Å². The van der Waals surface area contributed by atoms with Crippen molar-refractivity contribution in [1.82, 2.24) is 4.98 Å². The highest BCUT2D eigenvalue weighted by atomic mass is 32.1. The average Bonchev–Trinajstić information content (AvgIpc) is 2.43. The molecule has 1 heterocycles. The van der Waals surface area contributed by atoms with Gasteiger partial charge in [-0.25, -0.2) is 0 Å². The Hall–Kier alpha value is -1.22. The molecule has 0 aliphatic heterocycles. The molecule has 0 radical (unpaired) electrons. The zero-order valence-electron chi connectivity index (χ0n) is 10.7. The van der Waals surface area contributed by atoms with Crippen LogP contribution >= 0.6 is 12.6 Å². The highest BCUT2D eigenvalue weighted by Crippen LogP contribution is 2.19. The highest BCUT2D eigenvalue weighted by molar-refractivity contribution is 7.80. The molecule has 0 bridgehead atoms. The van der Waals surface area contributed by atoms with E-state index in [2.05, 4.69) is 30.6 Å². The van der Waals surface area contributed by atoms with E-state index in [4.69, 9.17) is 4.74 Å². The first-order chi connectivity index (χ1) is 8.83. The molecule has 0 aliphatic rings. The van der Waals surface area contributed by atoms with E-state index in [9.17, 15) is 0 Å². The molecule has 0 aliphatic carbocycles. The summed E-state index contributed by atoms with van der Waals surface area (Å²) in [6, 6.07) is 10.1. The number of hydrogen-bond donors (Lipinski definition) is 1. The van der Waals surface area contributed by atoms with Crippen LogP contribution in [-0.2, 0) is 0 Å². The van der Waals surface area contributed by atoms with Crippen molar-refractivity contribution in [3.05, 3.63) is 36.5 Å². The molecule has 0 spiro atoms. The van der Waals surface area contributed by atoms with Crippen molar-refractivity contribution in [1.29, 1.82) is 0 Å². The number of ether oxygens (including phenoxy) is 1. The smallest absolute Gasteiger partial charge is 0.138 e. The van der Waals surface area contributed by atoms with Crippen LogP contribution in [0.3, 0.4) is 0 Å². The summed E-state index contributed by atoms with van der Waals surface area (Å²) in [6.07, 6.45) is 4.12. The Kier molecular flexibility index (Phi) is 4.88. The SMILES string of the molecule is CCCC(CS)COc1cnc2ccccc2c1. The molecule has 96 valence electrons. The van der Waals surface area contributed by atoms with Crippen molar-refractivity contribution >= 4 is 23.5 Å². The summed E-state index contributed by atoms with van der Waals surface area (Å²) in [5.74, 6) is 2.23. The molecular formula is C15H19NOS. The van der Waals surface area contributed by atoms with Crippen molar-refractivity contribution < 1.29 is 4.74 Å². The fourth-order valence-corrected chi connectivity index (χ4v) is 2.27. The highest BCUT2D eigenvalue weighted by Gasteiger charge is 2.07. The molecule has 1 atom stereocenters. The molecule has 1 unspecified atom stereocenters. The number of pyridine rings is 1. The Labute approximate surface area is 114 Å². The molecule has 2 rings (SSSR count). The number of rotatable bonds is 6. The molecule has 1 aromatic carbocycles. The van der Waals surface area contributed by atoms with Crippen LogP contribution in [0, 0.1) is 5.92 Å². The van der Waals surface area contributed by atoms with E-state index >= 15 is 0 Å². The van der Waals surface area contributed by atoms with Gasteiger partial charge in [0.2, 0.25) is 0 Å². The lowest BCUT2D eigenvalue weighted by atomic mass is 10.1. The van der Waals surface area contributed by atoms with Crippen LogP contribution in [0.15, 0.2) is 36.5 Å². The van der Waals surface area contributed by atoms with Crippen LogP contribution in [0.2, 0.25) is 0 Å². The maximum absolute atomic E-state index is 5.81. The zero-order valence-corrected chi connectivity index (χ0v) is 11.6. The lowest BCUT2D eigenvalue weighted by Crippen LogP contribution is -2.13. The number of hydrogen-bond acceptors (Lipinski definition) is 3. The largest absolute Gasteiger partial charge is 0.492 e. The minimum atomic E-state index is 0.518. The third-order valence-electron chi connectivity index (χ3n) is 3.01. The van der Waals surface area contributed by atoms with Crippen molar-refractivity contribution in [3.63, 3.8) is 0 Å². The van der Waals surface area contributed by atoms with Gasteiger partial charge in [0.05, 0.1) is 18.3 Å². The van der Waals surface area contributed by atoms with Gasteiger partial charge >= 0.3 is 0 Å². The van der Waals surface area contributed by atoms with Crippen LogP contribution in [0.5, 0.6) is 5.75 Å². The van der Waals surface area contributed by atoms with Crippen molar-refractivity contribution in [2.45, 2.75) is 19.8 Å². The van der Waals surface area contributed by atoms with Gasteiger partial charge in [-0.15, -0.1) is 0 Å². The Morgan fingerprint density at radius 2 is 2.17 bits per heavy atom. The Morgan fingerprint density at radius 1 is 1.33 bits per heavy atom. The molecule has 0 saturated carbocycles. The monoisotopic (exact) mass is 261 g/mol. The Morgan fingerprint density at radius 3 is 2.94 bits per heavy atom. The van der Waals surface area contributed by atoms with Crippen LogP contribution < -0.4 is 4.74 Å². The van der Waals surface area contributed by atoms with Gasteiger partial charge in [-0.2, -0.15) is 12.6 Å². The molecule has 18 heavy (non-hydrogen) atoms. The van der Waals surface area contributed by atoms with Crippen molar-refractivity contribution in [3.8, 4) is 5.75 Å². The van der Waals surface area contributed by atoms with Crippen LogP contribution in [0.1, 0.15) is 19.8 Å². The molecule has 2 aromatic rings. The third-order valence-corrected chi connectivity index (χ3v) is 3.52. The second-order valence-electron chi connectivity index (χ2n) is 4.51. The van der Waals surface area contributed by atoms with Crippen LogP contribution in [-0.4, -0.2) is 17.3 Å². The van der Waals surface area contributed by atoms with E-state index in [1.54, 1.807) is 6.20 Å².